The van der Waals surface area contributed by atoms with E-state index in [0.717, 1.165) is 48.0 Å². The van der Waals surface area contributed by atoms with Crippen molar-refractivity contribution in [2.45, 2.75) is 32.1 Å². The van der Waals surface area contributed by atoms with Gasteiger partial charge in [0.2, 0.25) is 5.91 Å². The lowest BCUT2D eigenvalue weighted by molar-refractivity contribution is -0.132. The summed E-state index contributed by atoms with van der Waals surface area (Å²) in [6.45, 7) is 3.53. The highest BCUT2D eigenvalue weighted by Gasteiger charge is 2.22. The van der Waals surface area contributed by atoms with E-state index in [0.29, 0.717) is 19.7 Å². The summed E-state index contributed by atoms with van der Waals surface area (Å²) in [6, 6.07) is 22.7. The van der Waals surface area contributed by atoms with Crippen LogP contribution in [0.25, 0.3) is 10.8 Å². The molecule has 1 amide bonds. The lowest BCUT2D eigenvalue weighted by Gasteiger charge is -2.32. The van der Waals surface area contributed by atoms with E-state index < -0.39 is 0 Å². The lowest BCUT2D eigenvalue weighted by atomic mass is 10.1. The second kappa shape index (κ2) is 10.6. The molecule has 0 saturated carbocycles. The SMILES string of the molecule is COc1ccc2cc(CN(C)C(=O)CN3CCC(OCc4ccccc4)CC3)ccc2c1. The molecule has 3 aromatic carbocycles. The van der Waals surface area contributed by atoms with E-state index in [1.165, 1.54) is 5.56 Å². The molecular weight excluding hydrogens is 400 g/mol. The smallest absolute Gasteiger partial charge is 0.236 e. The molecule has 0 atom stereocenters. The van der Waals surface area contributed by atoms with Gasteiger partial charge in [-0.3, -0.25) is 9.69 Å². The third kappa shape index (κ3) is 5.87. The molecule has 1 aliphatic heterocycles. The zero-order chi connectivity index (χ0) is 22.3. The van der Waals surface area contributed by atoms with Gasteiger partial charge in [-0.2, -0.15) is 0 Å². The van der Waals surface area contributed by atoms with Crippen LogP contribution in [0.3, 0.4) is 0 Å². The summed E-state index contributed by atoms with van der Waals surface area (Å²) in [5.74, 6) is 1.01. The Morgan fingerprint density at radius 1 is 0.969 bits per heavy atom. The van der Waals surface area contributed by atoms with Crippen LogP contribution >= 0.6 is 0 Å². The van der Waals surface area contributed by atoms with Crippen molar-refractivity contribution in [3.8, 4) is 5.75 Å². The summed E-state index contributed by atoms with van der Waals surface area (Å²) >= 11 is 0. The van der Waals surface area contributed by atoms with Crippen molar-refractivity contribution in [2.75, 3.05) is 33.8 Å². The van der Waals surface area contributed by atoms with Gasteiger partial charge in [0.05, 0.1) is 26.4 Å². The molecule has 1 saturated heterocycles. The number of hydrogen-bond donors (Lipinski definition) is 0. The molecule has 0 aromatic heterocycles. The number of likely N-dealkylation sites (tertiary alicyclic amines) is 1. The molecule has 0 aliphatic carbocycles. The van der Waals surface area contributed by atoms with Crippen molar-refractivity contribution in [1.29, 1.82) is 0 Å². The Bertz CT molecular complexity index is 1030. The summed E-state index contributed by atoms with van der Waals surface area (Å²) in [4.78, 5) is 16.9. The highest BCUT2D eigenvalue weighted by atomic mass is 16.5. The first-order chi connectivity index (χ1) is 15.6. The fourth-order valence-electron chi connectivity index (χ4n) is 4.20. The predicted molar refractivity (Wildman–Crippen MR) is 128 cm³/mol. The van der Waals surface area contributed by atoms with Gasteiger partial charge >= 0.3 is 0 Å². The van der Waals surface area contributed by atoms with Gasteiger partial charge < -0.3 is 14.4 Å². The lowest BCUT2D eigenvalue weighted by Crippen LogP contribution is -2.43. The molecule has 0 spiro atoms. The number of hydrogen-bond acceptors (Lipinski definition) is 4. The van der Waals surface area contributed by atoms with E-state index >= 15 is 0 Å². The monoisotopic (exact) mass is 432 g/mol. The molecule has 1 heterocycles. The summed E-state index contributed by atoms with van der Waals surface area (Å²) in [5.41, 5.74) is 2.34. The third-order valence-corrected chi connectivity index (χ3v) is 6.18. The summed E-state index contributed by atoms with van der Waals surface area (Å²) in [7, 11) is 3.56. The maximum atomic E-state index is 12.8. The van der Waals surface area contributed by atoms with Gasteiger partial charge in [-0.1, -0.05) is 48.5 Å². The highest BCUT2D eigenvalue weighted by molar-refractivity contribution is 5.84. The molecule has 0 radical (unpaired) electrons. The van der Waals surface area contributed by atoms with Crippen LogP contribution in [0.5, 0.6) is 5.75 Å². The van der Waals surface area contributed by atoms with Crippen LogP contribution in [0, 0.1) is 0 Å². The number of carbonyl (C=O) groups is 1. The molecule has 0 N–H and O–H groups in total. The van der Waals surface area contributed by atoms with E-state index in [1.54, 1.807) is 7.11 Å². The van der Waals surface area contributed by atoms with E-state index in [2.05, 4.69) is 41.3 Å². The number of methoxy groups -OCH3 is 1. The van der Waals surface area contributed by atoms with Crippen molar-refractivity contribution >= 4 is 16.7 Å². The van der Waals surface area contributed by atoms with Crippen molar-refractivity contribution in [1.82, 2.24) is 9.80 Å². The molecule has 4 rings (SSSR count). The Hall–Kier alpha value is -2.89. The van der Waals surface area contributed by atoms with Gasteiger partial charge in [0.1, 0.15) is 5.75 Å². The molecule has 0 bridgehead atoms. The quantitative estimate of drug-likeness (QED) is 0.526. The molecule has 5 nitrogen and oxygen atoms in total. The fraction of sp³-hybridized carbons (Fsp3) is 0.370. The average Bonchev–Trinajstić information content (AvgIpc) is 2.84. The van der Waals surface area contributed by atoms with E-state index in [9.17, 15) is 4.79 Å². The minimum absolute atomic E-state index is 0.156. The second-order valence-electron chi connectivity index (χ2n) is 8.57. The van der Waals surface area contributed by atoms with Gasteiger partial charge in [-0.05, 0) is 52.9 Å². The number of amides is 1. The van der Waals surface area contributed by atoms with Crippen LogP contribution in [0.2, 0.25) is 0 Å². The van der Waals surface area contributed by atoms with Gasteiger partial charge in [0.25, 0.3) is 0 Å². The number of rotatable bonds is 8. The zero-order valence-corrected chi connectivity index (χ0v) is 19.0. The first kappa shape index (κ1) is 22.3. The van der Waals surface area contributed by atoms with E-state index in [4.69, 9.17) is 9.47 Å². The highest BCUT2D eigenvalue weighted by Crippen LogP contribution is 2.22. The summed E-state index contributed by atoms with van der Waals surface area (Å²) in [5, 5.41) is 2.29. The Morgan fingerprint density at radius 3 is 2.44 bits per heavy atom. The standard InChI is InChI=1S/C27H32N2O3/c1-28(18-22-8-9-24-17-26(31-2)11-10-23(24)16-22)27(30)19-29-14-12-25(13-15-29)32-20-21-6-4-3-5-7-21/h3-11,16-17,25H,12-15,18-20H2,1-2H3. The first-order valence-electron chi connectivity index (χ1n) is 11.3. The van der Waals surface area contributed by atoms with Gasteiger partial charge in [-0.15, -0.1) is 0 Å². The minimum Gasteiger partial charge on any atom is -0.497 e. The number of benzene rings is 3. The fourth-order valence-corrected chi connectivity index (χ4v) is 4.20. The molecule has 32 heavy (non-hydrogen) atoms. The van der Waals surface area contributed by atoms with Gasteiger partial charge in [0, 0.05) is 26.7 Å². The van der Waals surface area contributed by atoms with Gasteiger partial charge in [-0.25, -0.2) is 0 Å². The second-order valence-corrected chi connectivity index (χ2v) is 8.57. The number of ether oxygens (including phenoxy) is 2. The molecule has 1 fully saturated rings. The van der Waals surface area contributed by atoms with Crippen molar-refractivity contribution in [3.05, 3.63) is 77.9 Å². The normalized spacial score (nSPS) is 15.1. The van der Waals surface area contributed by atoms with Crippen molar-refractivity contribution < 1.29 is 14.3 Å². The van der Waals surface area contributed by atoms with Gasteiger partial charge in [0.15, 0.2) is 0 Å². The Balaban J connectivity index is 1.23. The molecule has 5 heteroatoms. The minimum atomic E-state index is 0.156. The molecular formula is C27H32N2O3. The summed E-state index contributed by atoms with van der Waals surface area (Å²) in [6.07, 6.45) is 2.21. The van der Waals surface area contributed by atoms with Crippen LogP contribution < -0.4 is 4.74 Å². The Morgan fingerprint density at radius 2 is 1.69 bits per heavy atom. The van der Waals surface area contributed by atoms with Crippen LogP contribution in [0.4, 0.5) is 0 Å². The largest absolute Gasteiger partial charge is 0.497 e. The predicted octanol–water partition coefficient (Wildman–Crippen LogP) is 4.49. The number of likely N-dealkylation sites (N-methyl/N-ethyl adjacent to an activating group) is 1. The van der Waals surface area contributed by atoms with Crippen LogP contribution in [0.15, 0.2) is 66.7 Å². The van der Waals surface area contributed by atoms with Crippen molar-refractivity contribution in [3.63, 3.8) is 0 Å². The van der Waals surface area contributed by atoms with Crippen LogP contribution in [-0.4, -0.2) is 55.6 Å². The zero-order valence-electron chi connectivity index (χ0n) is 19.0. The molecule has 168 valence electrons. The third-order valence-electron chi connectivity index (χ3n) is 6.18. The van der Waals surface area contributed by atoms with Crippen LogP contribution in [-0.2, 0) is 22.7 Å². The van der Waals surface area contributed by atoms with E-state index in [-0.39, 0.29) is 12.0 Å². The number of carbonyl (C=O) groups excluding carboxylic acids is 1. The average molecular weight is 433 g/mol. The maximum absolute atomic E-state index is 12.8. The molecule has 3 aromatic rings. The Kier molecular flexibility index (Phi) is 7.40. The Labute approximate surface area is 190 Å². The van der Waals surface area contributed by atoms with Crippen molar-refractivity contribution in [2.24, 2.45) is 0 Å². The van der Waals surface area contributed by atoms with Crippen LogP contribution in [0.1, 0.15) is 24.0 Å². The number of nitrogens with zero attached hydrogens (tertiary/aromatic N) is 2. The first-order valence-corrected chi connectivity index (χ1v) is 11.3. The number of piperidine rings is 1. The topological polar surface area (TPSA) is 42.0 Å². The summed E-state index contributed by atoms with van der Waals surface area (Å²) < 4.78 is 11.4. The molecule has 0 unspecified atom stereocenters. The number of fused-ring (bicyclic) bond motifs is 1. The van der Waals surface area contributed by atoms with E-state index in [1.807, 2.05) is 42.3 Å². The maximum Gasteiger partial charge on any atom is 0.236 e. The molecule has 1 aliphatic rings.